The Kier molecular flexibility index (Phi) is 1.71. The molecular formula is C12H13ClO. The second-order valence-electron chi connectivity index (χ2n) is 4.61. The lowest BCUT2D eigenvalue weighted by Gasteiger charge is -2.44. The molecule has 0 amide bonds. The first-order valence-corrected chi connectivity index (χ1v) is 5.54. The van der Waals surface area contributed by atoms with Crippen LogP contribution in [0.25, 0.3) is 0 Å². The Hall–Kier alpha value is -0.530. The Morgan fingerprint density at radius 1 is 1.29 bits per heavy atom. The first kappa shape index (κ1) is 8.75. The average Bonchev–Trinajstić information content (AvgIpc) is 2.76. The summed E-state index contributed by atoms with van der Waals surface area (Å²) in [7, 11) is 0. The van der Waals surface area contributed by atoms with Crippen molar-refractivity contribution >= 4 is 11.6 Å². The molecule has 1 aromatic carbocycles. The fourth-order valence-electron chi connectivity index (χ4n) is 3.16. The van der Waals surface area contributed by atoms with E-state index in [0.717, 1.165) is 17.9 Å². The van der Waals surface area contributed by atoms with Gasteiger partial charge in [-0.25, -0.2) is 0 Å². The van der Waals surface area contributed by atoms with E-state index >= 15 is 0 Å². The Morgan fingerprint density at radius 2 is 2.00 bits per heavy atom. The van der Waals surface area contributed by atoms with Crippen LogP contribution in [-0.2, 0) is 5.41 Å². The quantitative estimate of drug-likeness (QED) is 0.753. The molecule has 0 aliphatic heterocycles. The highest BCUT2D eigenvalue weighted by molar-refractivity contribution is 6.30. The third kappa shape index (κ3) is 0.945. The number of rotatable bonds is 1. The average molecular weight is 209 g/mol. The fraction of sp³-hybridized carbons (Fsp3) is 0.500. The minimum absolute atomic E-state index is 0.0786. The summed E-state index contributed by atoms with van der Waals surface area (Å²) in [5.74, 6) is 0.561. The van der Waals surface area contributed by atoms with E-state index in [4.69, 9.17) is 11.6 Å². The van der Waals surface area contributed by atoms with Gasteiger partial charge in [-0.15, -0.1) is 0 Å². The van der Waals surface area contributed by atoms with E-state index in [0.29, 0.717) is 5.92 Å². The molecule has 2 heteroatoms. The molecular weight excluding hydrogens is 196 g/mol. The maximum absolute atomic E-state index is 9.99. The van der Waals surface area contributed by atoms with Gasteiger partial charge >= 0.3 is 0 Å². The number of fused-ring (bicyclic) bond motifs is 1. The SMILES string of the molecule is OC1C2CCC1(c1ccc(Cl)cc1)C2. The van der Waals surface area contributed by atoms with Crippen molar-refractivity contribution in [2.24, 2.45) is 5.92 Å². The van der Waals surface area contributed by atoms with Crippen LogP contribution in [0.5, 0.6) is 0 Å². The summed E-state index contributed by atoms with van der Waals surface area (Å²) in [6.45, 7) is 0. The van der Waals surface area contributed by atoms with E-state index in [9.17, 15) is 5.11 Å². The van der Waals surface area contributed by atoms with Crippen molar-refractivity contribution in [3.8, 4) is 0 Å². The van der Waals surface area contributed by atoms with E-state index in [1.165, 1.54) is 12.0 Å². The van der Waals surface area contributed by atoms with Crippen LogP contribution >= 0.6 is 11.6 Å². The maximum Gasteiger partial charge on any atom is 0.0665 e. The molecule has 3 fully saturated rings. The van der Waals surface area contributed by atoms with Crippen molar-refractivity contribution in [2.45, 2.75) is 30.8 Å². The van der Waals surface area contributed by atoms with Crippen LogP contribution in [0, 0.1) is 5.92 Å². The molecule has 14 heavy (non-hydrogen) atoms. The van der Waals surface area contributed by atoms with Gasteiger partial charge in [-0.05, 0) is 42.9 Å². The monoisotopic (exact) mass is 208 g/mol. The number of benzene rings is 1. The number of hydrogen-bond acceptors (Lipinski definition) is 1. The molecule has 2 bridgehead atoms. The highest BCUT2D eigenvalue weighted by Crippen LogP contribution is 2.59. The first-order chi connectivity index (χ1) is 6.72. The minimum atomic E-state index is -0.108. The van der Waals surface area contributed by atoms with E-state index in [-0.39, 0.29) is 11.5 Å². The van der Waals surface area contributed by atoms with Crippen molar-refractivity contribution in [1.29, 1.82) is 0 Å². The minimum Gasteiger partial charge on any atom is -0.392 e. The molecule has 0 saturated heterocycles. The van der Waals surface area contributed by atoms with Crippen LogP contribution in [0.4, 0.5) is 0 Å². The third-order valence-corrected chi connectivity index (χ3v) is 4.27. The van der Waals surface area contributed by atoms with Crippen LogP contribution in [-0.4, -0.2) is 11.2 Å². The summed E-state index contributed by atoms with van der Waals surface area (Å²) in [6, 6.07) is 7.97. The zero-order valence-corrected chi connectivity index (χ0v) is 8.67. The molecule has 3 aliphatic rings. The van der Waals surface area contributed by atoms with Crippen LogP contribution in [0.1, 0.15) is 24.8 Å². The van der Waals surface area contributed by atoms with Crippen molar-refractivity contribution in [3.63, 3.8) is 0 Å². The summed E-state index contributed by atoms with van der Waals surface area (Å²) in [5.41, 5.74) is 1.35. The molecule has 3 aliphatic carbocycles. The van der Waals surface area contributed by atoms with Gasteiger partial charge in [-0.2, -0.15) is 0 Å². The largest absolute Gasteiger partial charge is 0.392 e. The second-order valence-corrected chi connectivity index (χ2v) is 5.05. The van der Waals surface area contributed by atoms with E-state index in [2.05, 4.69) is 12.1 Å². The molecule has 3 unspecified atom stereocenters. The van der Waals surface area contributed by atoms with Crippen molar-refractivity contribution in [1.82, 2.24) is 0 Å². The Bertz CT molecular complexity index is 355. The van der Waals surface area contributed by atoms with Crippen molar-refractivity contribution in [2.75, 3.05) is 0 Å². The van der Waals surface area contributed by atoms with Gasteiger partial charge in [0.1, 0.15) is 0 Å². The molecule has 74 valence electrons. The smallest absolute Gasteiger partial charge is 0.0665 e. The summed E-state index contributed by atoms with van der Waals surface area (Å²) in [5, 5.41) is 10.8. The molecule has 1 nitrogen and oxygen atoms in total. The van der Waals surface area contributed by atoms with Crippen molar-refractivity contribution < 1.29 is 5.11 Å². The van der Waals surface area contributed by atoms with Gasteiger partial charge in [0.25, 0.3) is 0 Å². The lowest BCUT2D eigenvalue weighted by molar-refractivity contribution is -0.0174. The van der Waals surface area contributed by atoms with E-state index in [1.807, 2.05) is 12.1 Å². The maximum atomic E-state index is 9.99. The van der Waals surface area contributed by atoms with E-state index in [1.54, 1.807) is 0 Å². The number of aliphatic hydroxyl groups excluding tert-OH is 1. The van der Waals surface area contributed by atoms with Gasteiger partial charge in [-0.1, -0.05) is 23.7 Å². The lowest BCUT2D eigenvalue weighted by Crippen LogP contribution is -2.48. The molecule has 4 rings (SSSR count). The first-order valence-electron chi connectivity index (χ1n) is 5.16. The molecule has 0 spiro atoms. The lowest BCUT2D eigenvalue weighted by atomic mass is 9.63. The number of hydrogen-bond donors (Lipinski definition) is 1. The molecule has 0 radical (unpaired) electrons. The topological polar surface area (TPSA) is 20.2 Å². The van der Waals surface area contributed by atoms with Gasteiger partial charge in [0, 0.05) is 10.4 Å². The van der Waals surface area contributed by atoms with Crippen LogP contribution < -0.4 is 0 Å². The highest BCUT2D eigenvalue weighted by atomic mass is 35.5. The van der Waals surface area contributed by atoms with Gasteiger partial charge in [0.15, 0.2) is 0 Å². The molecule has 1 aromatic rings. The normalized spacial score (nSPS) is 39.6. The highest BCUT2D eigenvalue weighted by Gasteiger charge is 2.59. The Balaban J connectivity index is 1.99. The Labute approximate surface area is 88.7 Å². The summed E-state index contributed by atoms with van der Waals surface area (Å²) in [6.07, 6.45) is 3.38. The van der Waals surface area contributed by atoms with Crippen LogP contribution in [0.2, 0.25) is 5.02 Å². The van der Waals surface area contributed by atoms with Crippen molar-refractivity contribution in [3.05, 3.63) is 34.9 Å². The van der Waals surface area contributed by atoms with Gasteiger partial charge in [0.2, 0.25) is 0 Å². The van der Waals surface area contributed by atoms with Gasteiger partial charge in [0.05, 0.1) is 6.10 Å². The molecule has 0 aromatic heterocycles. The Morgan fingerprint density at radius 3 is 2.50 bits per heavy atom. The zero-order chi connectivity index (χ0) is 9.76. The molecule has 1 N–H and O–H groups in total. The second kappa shape index (κ2) is 2.74. The van der Waals surface area contributed by atoms with Crippen LogP contribution in [0.15, 0.2) is 24.3 Å². The zero-order valence-electron chi connectivity index (χ0n) is 7.91. The molecule has 3 saturated carbocycles. The van der Waals surface area contributed by atoms with Gasteiger partial charge in [-0.3, -0.25) is 0 Å². The predicted octanol–water partition coefficient (Wildman–Crippen LogP) is 2.75. The number of aliphatic hydroxyl groups is 1. The number of halogens is 1. The third-order valence-electron chi connectivity index (χ3n) is 4.02. The summed E-state index contributed by atoms with van der Waals surface area (Å²) < 4.78 is 0. The fourth-order valence-corrected chi connectivity index (χ4v) is 3.28. The predicted molar refractivity (Wildman–Crippen MR) is 56.5 cm³/mol. The van der Waals surface area contributed by atoms with Crippen LogP contribution in [0.3, 0.4) is 0 Å². The standard InChI is InChI=1S/C12H13ClO/c13-10-3-1-9(2-4-10)12-6-5-8(7-12)11(12)14/h1-4,8,11,14H,5-7H2. The summed E-state index contributed by atoms with van der Waals surface area (Å²) >= 11 is 5.85. The van der Waals surface area contributed by atoms with Gasteiger partial charge < -0.3 is 5.11 Å². The summed E-state index contributed by atoms with van der Waals surface area (Å²) in [4.78, 5) is 0. The molecule has 3 atom stereocenters. The molecule has 0 heterocycles. The van der Waals surface area contributed by atoms with E-state index < -0.39 is 0 Å².